The van der Waals surface area contributed by atoms with E-state index in [4.69, 9.17) is 51.2 Å². The molecule has 0 N–H and O–H groups in total. The van der Waals surface area contributed by atoms with Gasteiger partial charge < -0.3 is 4.84 Å². The minimum atomic E-state index is 0.254. The lowest BCUT2D eigenvalue weighted by molar-refractivity contribution is 0.132. The zero-order chi connectivity index (χ0) is 13.8. The fraction of sp³-hybridized carbons (Fsp3) is 0.0833. The van der Waals surface area contributed by atoms with Gasteiger partial charge >= 0.3 is 0 Å². The van der Waals surface area contributed by atoms with Gasteiger partial charge in [-0.25, -0.2) is 0 Å². The molecule has 0 radical (unpaired) electrons. The van der Waals surface area contributed by atoms with Crippen LogP contribution >= 0.6 is 57.7 Å². The molecule has 0 saturated carbocycles. The second-order valence-corrected chi connectivity index (χ2v) is 6.65. The van der Waals surface area contributed by atoms with E-state index in [1.54, 1.807) is 24.3 Å². The van der Waals surface area contributed by atoms with E-state index in [9.17, 15) is 0 Å². The highest BCUT2D eigenvalue weighted by Crippen LogP contribution is 2.31. The van der Waals surface area contributed by atoms with Crippen LogP contribution in [-0.2, 0) is 11.4 Å². The fourth-order valence-electron chi connectivity index (χ4n) is 1.28. The van der Waals surface area contributed by atoms with Gasteiger partial charge in [0.2, 0.25) is 0 Å². The van der Waals surface area contributed by atoms with E-state index in [0.717, 1.165) is 11.1 Å². The highest BCUT2D eigenvalue weighted by Gasteiger charge is 2.05. The molecular formula is C12H7Cl4NOS. The summed E-state index contributed by atoms with van der Waals surface area (Å²) in [5.74, 6) is 0. The summed E-state index contributed by atoms with van der Waals surface area (Å²) in [4.78, 5) is 5.14. The van der Waals surface area contributed by atoms with Gasteiger partial charge in [0, 0.05) is 16.1 Å². The van der Waals surface area contributed by atoms with E-state index in [1.807, 2.05) is 0 Å². The number of halogens is 4. The summed E-state index contributed by atoms with van der Waals surface area (Å²) in [6.07, 6.45) is 1.51. The largest absolute Gasteiger partial charge is 0.391 e. The minimum absolute atomic E-state index is 0.254. The molecule has 0 atom stereocenters. The summed E-state index contributed by atoms with van der Waals surface area (Å²) < 4.78 is 1.22. The Morgan fingerprint density at radius 1 is 1.16 bits per heavy atom. The first-order valence-corrected chi connectivity index (χ1v) is 7.43. The SMILES string of the molecule is Clc1ccc(/C=N\OCc2cc(Cl)sc2Cl)c(Cl)c1. The van der Waals surface area contributed by atoms with Crippen LogP contribution < -0.4 is 0 Å². The van der Waals surface area contributed by atoms with Crippen LogP contribution in [0, 0.1) is 0 Å². The van der Waals surface area contributed by atoms with Crippen LogP contribution in [0.1, 0.15) is 11.1 Å². The van der Waals surface area contributed by atoms with Crippen LogP contribution in [0.4, 0.5) is 0 Å². The van der Waals surface area contributed by atoms with E-state index in [-0.39, 0.29) is 6.61 Å². The Balaban J connectivity index is 1.95. The molecule has 2 aromatic rings. The Hall–Kier alpha value is -0.450. The highest BCUT2D eigenvalue weighted by molar-refractivity contribution is 7.20. The summed E-state index contributed by atoms with van der Waals surface area (Å²) in [6.45, 7) is 0.254. The Bertz CT molecular complexity index is 612. The van der Waals surface area contributed by atoms with Crippen molar-refractivity contribution in [2.75, 3.05) is 0 Å². The number of hydrogen-bond acceptors (Lipinski definition) is 3. The van der Waals surface area contributed by atoms with Crippen LogP contribution in [0.15, 0.2) is 29.4 Å². The number of thiophene rings is 1. The molecule has 19 heavy (non-hydrogen) atoms. The summed E-state index contributed by atoms with van der Waals surface area (Å²) in [5.41, 5.74) is 1.52. The molecule has 0 fully saturated rings. The molecule has 1 heterocycles. The zero-order valence-electron chi connectivity index (χ0n) is 9.37. The van der Waals surface area contributed by atoms with E-state index in [1.165, 1.54) is 17.6 Å². The highest BCUT2D eigenvalue weighted by atomic mass is 35.5. The summed E-state index contributed by atoms with van der Waals surface area (Å²) >= 11 is 24.8. The first-order chi connectivity index (χ1) is 9.06. The second kappa shape index (κ2) is 6.82. The van der Waals surface area contributed by atoms with Crippen molar-refractivity contribution in [3.05, 3.63) is 54.1 Å². The van der Waals surface area contributed by atoms with Crippen molar-refractivity contribution in [2.24, 2.45) is 5.16 Å². The van der Waals surface area contributed by atoms with Gasteiger partial charge in [0.05, 0.1) is 15.6 Å². The first kappa shape index (κ1) is 14.9. The molecule has 100 valence electrons. The molecule has 0 spiro atoms. The molecule has 0 aliphatic rings. The van der Waals surface area contributed by atoms with Crippen LogP contribution in [0.3, 0.4) is 0 Å². The molecule has 0 aliphatic carbocycles. The topological polar surface area (TPSA) is 21.6 Å². The molecule has 2 rings (SSSR count). The Labute approximate surface area is 134 Å². The molecule has 0 bridgehead atoms. The van der Waals surface area contributed by atoms with Gasteiger partial charge in [-0.15, -0.1) is 11.3 Å². The van der Waals surface area contributed by atoms with Crippen molar-refractivity contribution in [2.45, 2.75) is 6.61 Å². The van der Waals surface area contributed by atoms with Crippen molar-refractivity contribution in [1.29, 1.82) is 0 Å². The third kappa shape index (κ3) is 4.26. The maximum Gasteiger partial charge on any atom is 0.144 e. The van der Waals surface area contributed by atoms with Crippen LogP contribution in [-0.4, -0.2) is 6.21 Å². The number of rotatable bonds is 4. The molecular weight excluding hydrogens is 348 g/mol. The van der Waals surface area contributed by atoms with Crippen molar-refractivity contribution in [3.8, 4) is 0 Å². The third-order valence-corrected chi connectivity index (χ3v) is 4.31. The molecule has 0 unspecified atom stereocenters. The van der Waals surface area contributed by atoms with Crippen LogP contribution in [0.5, 0.6) is 0 Å². The summed E-state index contributed by atoms with van der Waals surface area (Å²) in [7, 11) is 0. The molecule has 7 heteroatoms. The van der Waals surface area contributed by atoms with Crippen molar-refractivity contribution in [1.82, 2.24) is 0 Å². The molecule has 1 aromatic heterocycles. The lowest BCUT2D eigenvalue weighted by atomic mass is 10.2. The molecule has 2 nitrogen and oxygen atoms in total. The maximum atomic E-state index is 5.99. The molecule has 0 aliphatic heterocycles. The van der Waals surface area contributed by atoms with Gasteiger partial charge in [-0.2, -0.15) is 0 Å². The number of oxime groups is 1. The summed E-state index contributed by atoms with van der Waals surface area (Å²) in [5, 5.41) is 4.91. The lowest BCUT2D eigenvalue weighted by Crippen LogP contribution is -1.88. The predicted octanol–water partition coefficient (Wildman–Crippen LogP) is 5.91. The molecule has 1 aromatic carbocycles. The van der Waals surface area contributed by atoms with E-state index < -0.39 is 0 Å². The maximum absolute atomic E-state index is 5.99. The predicted molar refractivity (Wildman–Crippen MR) is 83.2 cm³/mol. The molecule has 0 saturated heterocycles. The lowest BCUT2D eigenvalue weighted by Gasteiger charge is -1.99. The van der Waals surface area contributed by atoms with Crippen LogP contribution in [0.25, 0.3) is 0 Å². The molecule has 0 amide bonds. The van der Waals surface area contributed by atoms with Crippen LogP contribution in [0.2, 0.25) is 18.7 Å². The first-order valence-electron chi connectivity index (χ1n) is 5.10. The Morgan fingerprint density at radius 3 is 2.58 bits per heavy atom. The summed E-state index contributed by atoms with van der Waals surface area (Å²) in [6, 6.07) is 6.87. The van der Waals surface area contributed by atoms with Crippen molar-refractivity contribution in [3.63, 3.8) is 0 Å². The number of benzene rings is 1. The van der Waals surface area contributed by atoms with E-state index in [2.05, 4.69) is 5.16 Å². The Morgan fingerprint density at radius 2 is 1.95 bits per heavy atom. The minimum Gasteiger partial charge on any atom is -0.391 e. The van der Waals surface area contributed by atoms with Gasteiger partial charge in [0.15, 0.2) is 0 Å². The number of hydrogen-bond donors (Lipinski definition) is 0. The zero-order valence-corrected chi connectivity index (χ0v) is 13.2. The standard InChI is InChI=1S/C12H7Cl4NOS/c13-9-2-1-7(10(14)4-9)5-17-18-6-8-3-11(15)19-12(8)16/h1-5H,6H2/b17-5-. The smallest absolute Gasteiger partial charge is 0.144 e. The van der Waals surface area contributed by atoms with Crippen molar-refractivity contribution < 1.29 is 4.84 Å². The van der Waals surface area contributed by atoms with Crippen molar-refractivity contribution >= 4 is 64.0 Å². The van der Waals surface area contributed by atoms with Gasteiger partial charge in [0.25, 0.3) is 0 Å². The average molecular weight is 355 g/mol. The van der Waals surface area contributed by atoms with Gasteiger partial charge in [-0.3, -0.25) is 0 Å². The number of nitrogens with zero attached hydrogens (tertiary/aromatic N) is 1. The van der Waals surface area contributed by atoms with E-state index in [0.29, 0.717) is 18.7 Å². The second-order valence-electron chi connectivity index (χ2n) is 3.52. The van der Waals surface area contributed by atoms with E-state index >= 15 is 0 Å². The van der Waals surface area contributed by atoms with Gasteiger partial charge in [0.1, 0.15) is 10.9 Å². The Kier molecular flexibility index (Phi) is 5.37. The monoisotopic (exact) mass is 353 g/mol. The quantitative estimate of drug-likeness (QED) is 0.493. The van der Waals surface area contributed by atoms with Gasteiger partial charge in [-0.1, -0.05) is 57.6 Å². The average Bonchev–Trinajstić information content (AvgIpc) is 2.65. The van der Waals surface area contributed by atoms with Gasteiger partial charge in [-0.05, 0) is 18.2 Å². The normalized spacial score (nSPS) is 11.2. The fourth-order valence-corrected chi connectivity index (χ4v) is 3.20. The third-order valence-electron chi connectivity index (χ3n) is 2.18.